The van der Waals surface area contributed by atoms with Gasteiger partial charge in [0.2, 0.25) is 0 Å². The number of aryl methyl sites for hydroxylation is 2. The first kappa shape index (κ1) is 16.7. The van der Waals surface area contributed by atoms with Gasteiger partial charge in [-0.3, -0.25) is 4.79 Å². The number of aliphatic carboxylic acids is 1. The molecule has 0 bridgehead atoms. The topological polar surface area (TPSA) is 74.6 Å². The largest absolute Gasteiger partial charge is 0.481 e. The summed E-state index contributed by atoms with van der Waals surface area (Å²) in [5.74, 6) is -2.59. The molecule has 4 heteroatoms. The average molecular weight is 312 g/mol. The number of hydrogen-bond acceptors (Lipinski definition) is 2. The minimum atomic E-state index is -1.02. The first-order chi connectivity index (χ1) is 10.9. The summed E-state index contributed by atoms with van der Waals surface area (Å²) in [6.07, 6.45) is 0.579. The van der Waals surface area contributed by atoms with Crippen molar-refractivity contribution in [2.24, 2.45) is 5.92 Å². The Bertz CT molecular complexity index is 734. The van der Waals surface area contributed by atoms with Crippen molar-refractivity contribution >= 4 is 11.9 Å². The van der Waals surface area contributed by atoms with Gasteiger partial charge in [0, 0.05) is 0 Å². The Labute approximate surface area is 135 Å². The fourth-order valence-electron chi connectivity index (χ4n) is 2.70. The van der Waals surface area contributed by atoms with Crippen LogP contribution in [0, 0.1) is 19.8 Å². The molecular weight excluding hydrogens is 292 g/mol. The number of carbonyl (C=O) groups is 2. The van der Waals surface area contributed by atoms with Gasteiger partial charge in [-0.15, -0.1) is 0 Å². The molecule has 0 radical (unpaired) electrons. The van der Waals surface area contributed by atoms with Gasteiger partial charge in [0.05, 0.1) is 11.5 Å². The third-order valence-electron chi connectivity index (χ3n) is 3.88. The van der Waals surface area contributed by atoms with Crippen LogP contribution in [0.4, 0.5) is 0 Å². The van der Waals surface area contributed by atoms with E-state index in [0.717, 1.165) is 16.7 Å². The zero-order chi connectivity index (χ0) is 17.0. The molecule has 0 aliphatic rings. The molecule has 0 aliphatic heterocycles. The molecule has 2 aromatic carbocycles. The van der Waals surface area contributed by atoms with E-state index in [1.54, 1.807) is 12.1 Å². The van der Waals surface area contributed by atoms with Gasteiger partial charge in [-0.1, -0.05) is 47.5 Å². The number of hydrogen-bond donors (Lipinski definition) is 2. The van der Waals surface area contributed by atoms with Gasteiger partial charge in [0.15, 0.2) is 0 Å². The van der Waals surface area contributed by atoms with E-state index >= 15 is 0 Å². The van der Waals surface area contributed by atoms with Crippen molar-refractivity contribution in [3.05, 3.63) is 70.3 Å². The Kier molecular flexibility index (Phi) is 5.16. The van der Waals surface area contributed by atoms with Crippen LogP contribution in [0.25, 0.3) is 0 Å². The number of carboxylic acid groups (broad SMARTS) is 2. The summed E-state index contributed by atoms with van der Waals surface area (Å²) >= 11 is 0. The van der Waals surface area contributed by atoms with Crippen LogP contribution < -0.4 is 0 Å². The lowest BCUT2D eigenvalue weighted by molar-refractivity contribution is -0.141. The second-order valence-corrected chi connectivity index (χ2v) is 5.90. The highest BCUT2D eigenvalue weighted by Gasteiger charge is 2.21. The standard InChI is InChI=1S/C19H20O4/c1-12-4-3-5-14(8-12)10-16(18(20)21)11-15-7-6-13(2)9-17(15)19(22)23/h3-9,16H,10-11H2,1-2H3,(H,20,21)(H,22,23). The lowest BCUT2D eigenvalue weighted by atomic mass is 9.89. The lowest BCUT2D eigenvalue weighted by Gasteiger charge is -2.15. The summed E-state index contributed by atoms with van der Waals surface area (Å²) in [7, 11) is 0. The molecule has 4 nitrogen and oxygen atoms in total. The molecule has 1 unspecified atom stereocenters. The highest BCUT2D eigenvalue weighted by Crippen LogP contribution is 2.20. The summed E-state index contributed by atoms with van der Waals surface area (Å²) in [4.78, 5) is 23.0. The maximum absolute atomic E-state index is 11.6. The zero-order valence-electron chi connectivity index (χ0n) is 13.2. The van der Waals surface area contributed by atoms with E-state index < -0.39 is 17.9 Å². The van der Waals surface area contributed by atoms with E-state index in [4.69, 9.17) is 0 Å². The van der Waals surface area contributed by atoms with Crippen LogP contribution in [0.2, 0.25) is 0 Å². The van der Waals surface area contributed by atoms with E-state index in [0.29, 0.717) is 12.0 Å². The van der Waals surface area contributed by atoms with Crippen LogP contribution in [-0.2, 0) is 17.6 Å². The van der Waals surface area contributed by atoms with Gasteiger partial charge in [-0.2, -0.15) is 0 Å². The summed E-state index contributed by atoms with van der Waals surface area (Å²) < 4.78 is 0. The Morgan fingerprint density at radius 1 is 0.957 bits per heavy atom. The predicted molar refractivity (Wildman–Crippen MR) is 87.9 cm³/mol. The van der Waals surface area contributed by atoms with Crippen molar-refractivity contribution in [2.75, 3.05) is 0 Å². The molecule has 1 atom stereocenters. The molecule has 0 amide bonds. The van der Waals surface area contributed by atoms with Gasteiger partial charge < -0.3 is 10.2 Å². The van der Waals surface area contributed by atoms with Crippen LogP contribution >= 0.6 is 0 Å². The predicted octanol–water partition coefficient (Wildman–Crippen LogP) is 3.49. The lowest BCUT2D eigenvalue weighted by Crippen LogP contribution is -2.20. The molecule has 120 valence electrons. The summed E-state index contributed by atoms with van der Waals surface area (Å²) in [6.45, 7) is 3.78. The zero-order valence-corrected chi connectivity index (χ0v) is 13.2. The number of rotatable bonds is 6. The summed E-state index contributed by atoms with van der Waals surface area (Å²) in [5.41, 5.74) is 3.61. The SMILES string of the molecule is Cc1cccc(CC(Cc2ccc(C)cc2C(=O)O)C(=O)O)c1. The minimum Gasteiger partial charge on any atom is -0.481 e. The fraction of sp³-hybridized carbons (Fsp3) is 0.263. The number of carboxylic acids is 2. The third-order valence-corrected chi connectivity index (χ3v) is 3.88. The molecule has 0 saturated heterocycles. The van der Waals surface area contributed by atoms with Crippen LogP contribution in [-0.4, -0.2) is 22.2 Å². The molecule has 0 aromatic heterocycles. The average Bonchev–Trinajstić information content (AvgIpc) is 2.48. The van der Waals surface area contributed by atoms with E-state index in [9.17, 15) is 19.8 Å². The highest BCUT2D eigenvalue weighted by atomic mass is 16.4. The van der Waals surface area contributed by atoms with Crippen molar-refractivity contribution < 1.29 is 19.8 Å². The van der Waals surface area contributed by atoms with Crippen LogP contribution in [0.3, 0.4) is 0 Å². The summed E-state index contributed by atoms with van der Waals surface area (Å²) in [6, 6.07) is 12.8. The van der Waals surface area contributed by atoms with Gasteiger partial charge in [-0.25, -0.2) is 4.79 Å². The van der Waals surface area contributed by atoms with Gasteiger partial charge >= 0.3 is 11.9 Å². The van der Waals surface area contributed by atoms with E-state index in [-0.39, 0.29) is 12.0 Å². The van der Waals surface area contributed by atoms with Gasteiger partial charge in [0.1, 0.15) is 0 Å². The van der Waals surface area contributed by atoms with Crippen molar-refractivity contribution in [1.29, 1.82) is 0 Å². The molecule has 0 aliphatic carbocycles. The maximum atomic E-state index is 11.6. The molecule has 0 heterocycles. The van der Waals surface area contributed by atoms with E-state index in [1.807, 2.05) is 44.2 Å². The Hall–Kier alpha value is -2.62. The first-order valence-electron chi connectivity index (χ1n) is 7.48. The molecule has 23 heavy (non-hydrogen) atoms. The number of aromatic carboxylic acids is 1. The quantitative estimate of drug-likeness (QED) is 0.856. The second-order valence-electron chi connectivity index (χ2n) is 5.90. The van der Waals surface area contributed by atoms with E-state index in [1.165, 1.54) is 0 Å². The van der Waals surface area contributed by atoms with Crippen LogP contribution in [0.1, 0.15) is 32.6 Å². The maximum Gasteiger partial charge on any atom is 0.335 e. The molecule has 2 aromatic rings. The normalized spacial score (nSPS) is 11.9. The van der Waals surface area contributed by atoms with Crippen LogP contribution in [0.5, 0.6) is 0 Å². The van der Waals surface area contributed by atoms with Crippen molar-refractivity contribution in [3.63, 3.8) is 0 Å². The molecule has 0 spiro atoms. The first-order valence-corrected chi connectivity index (χ1v) is 7.48. The Morgan fingerprint density at radius 2 is 1.65 bits per heavy atom. The molecule has 0 saturated carbocycles. The highest BCUT2D eigenvalue weighted by molar-refractivity contribution is 5.89. The Morgan fingerprint density at radius 3 is 2.26 bits per heavy atom. The van der Waals surface area contributed by atoms with Crippen molar-refractivity contribution in [1.82, 2.24) is 0 Å². The van der Waals surface area contributed by atoms with Gasteiger partial charge in [0.25, 0.3) is 0 Å². The van der Waals surface area contributed by atoms with Crippen molar-refractivity contribution in [2.45, 2.75) is 26.7 Å². The monoisotopic (exact) mass is 312 g/mol. The van der Waals surface area contributed by atoms with Crippen LogP contribution in [0.15, 0.2) is 42.5 Å². The molecule has 2 rings (SSSR count). The molecular formula is C19H20O4. The third kappa shape index (κ3) is 4.42. The Balaban J connectivity index is 2.27. The minimum absolute atomic E-state index is 0.181. The molecule has 2 N–H and O–H groups in total. The summed E-state index contributed by atoms with van der Waals surface area (Å²) in [5, 5.41) is 18.8. The number of benzene rings is 2. The fourth-order valence-corrected chi connectivity index (χ4v) is 2.70. The van der Waals surface area contributed by atoms with E-state index in [2.05, 4.69) is 0 Å². The van der Waals surface area contributed by atoms with Gasteiger partial charge in [-0.05, 0) is 43.9 Å². The molecule has 0 fully saturated rings. The van der Waals surface area contributed by atoms with Crippen molar-refractivity contribution in [3.8, 4) is 0 Å². The second kappa shape index (κ2) is 7.09. The smallest absolute Gasteiger partial charge is 0.335 e.